The molecule has 2 amide bonds. The first-order chi connectivity index (χ1) is 12.1. The second kappa shape index (κ2) is 9.96. The standard InChI is InChI=1S/C16H20N4O3S2.ClH/c1-10(21)18-7-12-2-3-14(23-12)13-9-25-16(19-13)20-15(22)6-11-8-24-5-4-17-11;/h2-3,9,11,17H,4-8H2,1H3,(H,18,21)(H,19,20,22);1H. The summed E-state index contributed by atoms with van der Waals surface area (Å²) in [7, 11) is 0. The predicted molar refractivity (Wildman–Crippen MR) is 107 cm³/mol. The van der Waals surface area contributed by atoms with Crippen LogP contribution >= 0.6 is 35.5 Å². The molecule has 0 bridgehead atoms. The van der Waals surface area contributed by atoms with Crippen molar-refractivity contribution in [2.75, 3.05) is 23.4 Å². The molecule has 1 aliphatic heterocycles. The lowest BCUT2D eigenvalue weighted by atomic mass is 10.2. The van der Waals surface area contributed by atoms with Crippen LogP contribution in [0.1, 0.15) is 19.1 Å². The second-order valence-electron chi connectivity index (χ2n) is 5.69. The molecule has 1 aliphatic rings. The first kappa shape index (κ1) is 20.8. The van der Waals surface area contributed by atoms with Crippen LogP contribution in [0.4, 0.5) is 5.13 Å². The Labute approximate surface area is 166 Å². The third-order valence-corrected chi connectivity index (χ3v) is 5.50. The molecule has 26 heavy (non-hydrogen) atoms. The minimum Gasteiger partial charge on any atom is -0.458 e. The Kier molecular flexibility index (Phi) is 7.95. The lowest BCUT2D eigenvalue weighted by Crippen LogP contribution is -2.39. The van der Waals surface area contributed by atoms with Crippen LogP contribution in [-0.2, 0) is 16.1 Å². The highest BCUT2D eigenvalue weighted by molar-refractivity contribution is 7.99. The van der Waals surface area contributed by atoms with E-state index in [2.05, 4.69) is 20.9 Å². The van der Waals surface area contributed by atoms with Crippen molar-refractivity contribution in [1.29, 1.82) is 0 Å². The van der Waals surface area contributed by atoms with Crippen LogP contribution in [0.2, 0.25) is 0 Å². The molecule has 2 aromatic heterocycles. The maximum Gasteiger partial charge on any atom is 0.227 e. The molecule has 7 nitrogen and oxygen atoms in total. The summed E-state index contributed by atoms with van der Waals surface area (Å²) in [6.07, 6.45) is 0.448. The van der Waals surface area contributed by atoms with Gasteiger partial charge in [0.2, 0.25) is 11.8 Å². The van der Waals surface area contributed by atoms with E-state index in [1.807, 2.05) is 17.1 Å². The van der Waals surface area contributed by atoms with Gasteiger partial charge >= 0.3 is 0 Å². The molecule has 1 saturated heterocycles. The van der Waals surface area contributed by atoms with Crippen molar-refractivity contribution in [3.8, 4) is 11.5 Å². The van der Waals surface area contributed by atoms with Gasteiger partial charge in [0.15, 0.2) is 10.9 Å². The fourth-order valence-corrected chi connectivity index (χ4v) is 4.08. The minimum absolute atomic E-state index is 0. The summed E-state index contributed by atoms with van der Waals surface area (Å²) in [6.45, 7) is 2.75. The molecule has 0 radical (unpaired) electrons. The van der Waals surface area contributed by atoms with Crippen molar-refractivity contribution in [2.24, 2.45) is 0 Å². The highest BCUT2D eigenvalue weighted by atomic mass is 35.5. The van der Waals surface area contributed by atoms with E-state index in [-0.39, 0.29) is 30.3 Å². The Morgan fingerprint density at radius 2 is 2.27 bits per heavy atom. The first-order valence-corrected chi connectivity index (χ1v) is 10.0. The van der Waals surface area contributed by atoms with Gasteiger partial charge < -0.3 is 20.4 Å². The molecular weight excluding hydrogens is 396 g/mol. The van der Waals surface area contributed by atoms with E-state index >= 15 is 0 Å². The molecule has 1 fully saturated rings. The van der Waals surface area contributed by atoms with Gasteiger partial charge in [0.25, 0.3) is 0 Å². The zero-order chi connectivity index (χ0) is 17.6. The van der Waals surface area contributed by atoms with Gasteiger partial charge in [-0.3, -0.25) is 9.59 Å². The SMILES string of the molecule is CC(=O)NCc1ccc(-c2csc(NC(=O)CC3CSCCN3)n2)o1.Cl. The topological polar surface area (TPSA) is 96.3 Å². The zero-order valence-electron chi connectivity index (χ0n) is 14.2. The van der Waals surface area contributed by atoms with E-state index in [1.165, 1.54) is 18.3 Å². The van der Waals surface area contributed by atoms with E-state index < -0.39 is 0 Å². The minimum atomic E-state index is -0.109. The summed E-state index contributed by atoms with van der Waals surface area (Å²) >= 11 is 3.23. The van der Waals surface area contributed by atoms with Gasteiger partial charge in [0.05, 0.1) is 6.54 Å². The van der Waals surface area contributed by atoms with Gasteiger partial charge in [-0.15, -0.1) is 23.7 Å². The highest BCUT2D eigenvalue weighted by Crippen LogP contribution is 2.26. The fourth-order valence-electron chi connectivity index (χ4n) is 2.41. The molecule has 3 N–H and O–H groups in total. The molecule has 0 aliphatic carbocycles. The fraction of sp³-hybridized carbons (Fsp3) is 0.438. The van der Waals surface area contributed by atoms with Crippen molar-refractivity contribution >= 4 is 52.5 Å². The van der Waals surface area contributed by atoms with E-state index in [0.717, 1.165) is 18.1 Å². The summed E-state index contributed by atoms with van der Waals surface area (Å²) in [5, 5.41) is 11.3. The number of amides is 2. The van der Waals surface area contributed by atoms with Crippen LogP contribution in [0.15, 0.2) is 21.9 Å². The third kappa shape index (κ3) is 6.01. The molecular formula is C16H21ClN4O3S2. The average Bonchev–Trinajstić information content (AvgIpc) is 3.23. The number of aromatic nitrogens is 1. The molecule has 0 saturated carbocycles. The molecule has 0 aromatic carbocycles. The monoisotopic (exact) mass is 416 g/mol. The highest BCUT2D eigenvalue weighted by Gasteiger charge is 2.18. The number of thiazole rings is 1. The summed E-state index contributed by atoms with van der Waals surface area (Å²) in [5.41, 5.74) is 0.667. The van der Waals surface area contributed by atoms with Crippen molar-refractivity contribution in [3.63, 3.8) is 0 Å². The van der Waals surface area contributed by atoms with Gasteiger partial charge in [0.1, 0.15) is 11.5 Å². The number of furan rings is 1. The predicted octanol–water partition coefficient (Wildman–Crippen LogP) is 2.49. The summed E-state index contributed by atoms with van der Waals surface area (Å²) in [4.78, 5) is 27.5. The van der Waals surface area contributed by atoms with E-state index in [1.54, 1.807) is 12.1 Å². The van der Waals surface area contributed by atoms with Crippen molar-refractivity contribution in [2.45, 2.75) is 25.9 Å². The molecule has 1 atom stereocenters. The number of nitrogens with zero attached hydrogens (tertiary/aromatic N) is 1. The Balaban J connectivity index is 0.00000243. The molecule has 0 spiro atoms. The maximum absolute atomic E-state index is 12.1. The lowest BCUT2D eigenvalue weighted by Gasteiger charge is -2.22. The Bertz CT molecular complexity index is 743. The number of anilines is 1. The first-order valence-electron chi connectivity index (χ1n) is 8.00. The largest absolute Gasteiger partial charge is 0.458 e. The Morgan fingerprint density at radius 3 is 3.00 bits per heavy atom. The smallest absolute Gasteiger partial charge is 0.227 e. The molecule has 10 heteroatoms. The number of thioether (sulfide) groups is 1. The van der Waals surface area contributed by atoms with Crippen LogP contribution in [0.3, 0.4) is 0 Å². The number of nitrogens with one attached hydrogen (secondary N) is 3. The van der Waals surface area contributed by atoms with Crippen molar-refractivity contribution in [3.05, 3.63) is 23.3 Å². The number of carbonyl (C=O) groups excluding carboxylic acids is 2. The van der Waals surface area contributed by atoms with Gasteiger partial charge in [-0.05, 0) is 12.1 Å². The van der Waals surface area contributed by atoms with Crippen LogP contribution in [-0.4, -0.2) is 40.9 Å². The van der Waals surface area contributed by atoms with Crippen LogP contribution in [0.5, 0.6) is 0 Å². The molecule has 2 aromatic rings. The maximum atomic E-state index is 12.1. The normalized spacial score (nSPS) is 16.6. The van der Waals surface area contributed by atoms with Gasteiger partial charge in [-0.25, -0.2) is 4.98 Å². The van der Waals surface area contributed by atoms with Gasteiger partial charge in [-0.1, -0.05) is 0 Å². The van der Waals surface area contributed by atoms with Crippen molar-refractivity contribution in [1.82, 2.24) is 15.6 Å². The van der Waals surface area contributed by atoms with Crippen molar-refractivity contribution < 1.29 is 14.0 Å². The van der Waals surface area contributed by atoms with E-state index in [4.69, 9.17) is 4.42 Å². The summed E-state index contributed by atoms with van der Waals surface area (Å²) in [6, 6.07) is 3.83. The van der Waals surface area contributed by atoms with E-state index in [9.17, 15) is 9.59 Å². The molecule has 142 valence electrons. The number of hydrogen-bond acceptors (Lipinski definition) is 7. The summed E-state index contributed by atoms with van der Waals surface area (Å²) < 4.78 is 5.66. The molecule has 3 rings (SSSR count). The third-order valence-electron chi connectivity index (χ3n) is 3.61. The second-order valence-corrected chi connectivity index (χ2v) is 7.70. The molecule has 1 unspecified atom stereocenters. The zero-order valence-corrected chi connectivity index (χ0v) is 16.7. The van der Waals surface area contributed by atoms with Crippen LogP contribution < -0.4 is 16.0 Å². The van der Waals surface area contributed by atoms with E-state index in [0.29, 0.717) is 35.3 Å². The number of rotatable bonds is 6. The van der Waals surface area contributed by atoms with Crippen LogP contribution in [0.25, 0.3) is 11.5 Å². The Hall–Kier alpha value is -1.55. The number of hydrogen-bond donors (Lipinski definition) is 3. The van der Waals surface area contributed by atoms with Gasteiger partial charge in [-0.2, -0.15) is 11.8 Å². The lowest BCUT2D eigenvalue weighted by molar-refractivity contribution is -0.119. The average molecular weight is 417 g/mol. The number of halogens is 1. The summed E-state index contributed by atoms with van der Waals surface area (Å²) in [5.74, 6) is 3.18. The van der Waals surface area contributed by atoms with Crippen LogP contribution in [0, 0.1) is 0 Å². The van der Waals surface area contributed by atoms with Gasteiger partial charge in [0, 0.05) is 42.8 Å². The Morgan fingerprint density at radius 1 is 1.42 bits per heavy atom. The quantitative estimate of drug-likeness (QED) is 0.669. The molecule has 3 heterocycles. The number of carbonyl (C=O) groups is 2.